The maximum Gasteiger partial charge on any atom is 0.184 e. The van der Waals surface area contributed by atoms with Crippen LogP contribution in [0.5, 0.6) is 5.75 Å². The number of hydrogen-bond donors (Lipinski definition) is 2. The molecular weight excluding hydrogens is 432 g/mol. The van der Waals surface area contributed by atoms with Crippen LogP contribution >= 0.6 is 0 Å². The van der Waals surface area contributed by atoms with Gasteiger partial charge in [-0.15, -0.1) is 0 Å². The van der Waals surface area contributed by atoms with Crippen LogP contribution in [0.3, 0.4) is 0 Å². The van der Waals surface area contributed by atoms with E-state index in [9.17, 15) is 4.79 Å². The maximum absolute atomic E-state index is 13.0. The third-order valence-corrected chi connectivity index (χ3v) is 5.82. The number of anilines is 4. The Bertz CT molecular complexity index is 1350. The molecule has 0 saturated heterocycles. The minimum Gasteiger partial charge on any atom is -0.494 e. The van der Waals surface area contributed by atoms with Crippen molar-refractivity contribution in [2.24, 2.45) is 20.0 Å². The lowest BCUT2D eigenvalue weighted by molar-refractivity contribution is 0.0968. The lowest BCUT2D eigenvalue weighted by Gasteiger charge is -2.17. The van der Waals surface area contributed by atoms with E-state index in [0.29, 0.717) is 40.1 Å². The van der Waals surface area contributed by atoms with Crippen LogP contribution in [-0.2, 0) is 14.1 Å². The lowest BCUT2D eigenvalue weighted by atomic mass is 10.1. The van der Waals surface area contributed by atoms with E-state index in [0.717, 1.165) is 24.1 Å². The summed E-state index contributed by atoms with van der Waals surface area (Å²) in [5.41, 5.74) is 3.66. The Morgan fingerprint density at radius 2 is 1.88 bits per heavy atom. The monoisotopic (exact) mass is 458 g/mol. The zero-order valence-corrected chi connectivity index (χ0v) is 19.5. The van der Waals surface area contributed by atoms with Crippen molar-refractivity contribution in [3.8, 4) is 17.1 Å². The highest BCUT2D eigenvalue weighted by Gasteiger charge is 2.32. The zero-order chi connectivity index (χ0) is 23.8. The van der Waals surface area contributed by atoms with Gasteiger partial charge in [-0.2, -0.15) is 10.2 Å². The van der Waals surface area contributed by atoms with E-state index in [-0.39, 0.29) is 11.7 Å². The molecule has 0 spiro atoms. The van der Waals surface area contributed by atoms with E-state index in [1.165, 1.54) is 0 Å². The summed E-state index contributed by atoms with van der Waals surface area (Å²) in [5, 5.41) is 15.5. The Morgan fingerprint density at radius 3 is 2.53 bits per heavy atom. The second-order valence-corrected chi connectivity index (χ2v) is 8.43. The van der Waals surface area contributed by atoms with Crippen molar-refractivity contribution >= 4 is 28.8 Å². The molecular formula is C24H26N8O2. The van der Waals surface area contributed by atoms with E-state index in [2.05, 4.69) is 30.8 Å². The molecule has 10 nitrogen and oxygen atoms in total. The highest BCUT2D eigenvalue weighted by Crippen LogP contribution is 2.39. The van der Waals surface area contributed by atoms with Crippen LogP contribution < -0.4 is 15.4 Å². The summed E-state index contributed by atoms with van der Waals surface area (Å²) in [7, 11) is 5.30. The molecule has 1 aliphatic carbocycles. The average Bonchev–Trinajstić information content (AvgIpc) is 3.51. The topological polar surface area (TPSA) is 112 Å². The Hall–Kier alpha value is -4.21. The SMILES string of the molecule is COc1c(Nc2cc(Nc3cc(C)n(C)n3)ncc2C(=O)C2CC2)cccc1-c1ncn(C)n1. The molecule has 3 heterocycles. The van der Waals surface area contributed by atoms with E-state index in [1.54, 1.807) is 29.0 Å². The van der Waals surface area contributed by atoms with Crippen LogP contribution in [0.1, 0.15) is 28.9 Å². The number of ether oxygens (including phenoxy) is 1. The van der Waals surface area contributed by atoms with Crippen molar-refractivity contribution < 1.29 is 9.53 Å². The number of methoxy groups -OCH3 is 1. The van der Waals surface area contributed by atoms with Gasteiger partial charge >= 0.3 is 0 Å². The second kappa shape index (κ2) is 8.62. The molecule has 3 aromatic heterocycles. The summed E-state index contributed by atoms with van der Waals surface area (Å²) in [4.78, 5) is 21.8. The fourth-order valence-corrected chi connectivity index (χ4v) is 3.78. The number of rotatable bonds is 8. The van der Waals surface area contributed by atoms with Gasteiger partial charge in [0.1, 0.15) is 12.1 Å². The number of carbonyl (C=O) groups is 1. The molecule has 10 heteroatoms. The molecule has 34 heavy (non-hydrogen) atoms. The molecule has 1 saturated carbocycles. The molecule has 0 amide bonds. The number of ketones is 1. The zero-order valence-electron chi connectivity index (χ0n) is 19.5. The van der Waals surface area contributed by atoms with Gasteiger partial charge < -0.3 is 15.4 Å². The summed E-state index contributed by atoms with van der Waals surface area (Å²) in [6.45, 7) is 1.98. The van der Waals surface area contributed by atoms with Gasteiger partial charge in [-0.1, -0.05) is 6.07 Å². The number of benzene rings is 1. The van der Waals surface area contributed by atoms with Crippen LogP contribution in [0.15, 0.2) is 42.9 Å². The number of nitrogens with zero attached hydrogens (tertiary/aromatic N) is 6. The third-order valence-electron chi connectivity index (χ3n) is 5.82. The van der Waals surface area contributed by atoms with Crippen LogP contribution in [0.25, 0.3) is 11.4 Å². The fourth-order valence-electron chi connectivity index (χ4n) is 3.78. The summed E-state index contributed by atoms with van der Waals surface area (Å²) >= 11 is 0. The van der Waals surface area contributed by atoms with Gasteiger partial charge in [0.25, 0.3) is 0 Å². The van der Waals surface area contributed by atoms with Gasteiger partial charge in [0, 0.05) is 44.0 Å². The molecule has 5 rings (SSSR count). The molecule has 1 aliphatic rings. The fraction of sp³-hybridized carbons (Fsp3) is 0.292. The van der Waals surface area contributed by atoms with Gasteiger partial charge in [0.2, 0.25) is 0 Å². The van der Waals surface area contributed by atoms with Crippen molar-refractivity contribution in [2.45, 2.75) is 19.8 Å². The first-order valence-electron chi connectivity index (χ1n) is 11.0. The smallest absolute Gasteiger partial charge is 0.184 e. The molecule has 0 radical (unpaired) electrons. The average molecular weight is 459 g/mol. The Balaban J connectivity index is 1.53. The summed E-state index contributed by atoms with van der Waals surface area (Å²) < 4.78 is 9.16. The standard InChI is InChI=1S/C24H26N8O2/c1-14-10-21(29-32(14)3)28-20-11-19(17(12-25-20)22(33)15-8-9-15)27-18-7-5-6-16(23(18)34-4)24-26-13-31(2)30-24/h5-7,10-13,15H,8-9H2,1-4H3,(H2,25,27,28,29). The molecule has 0 bridgehead atoms. The van der Waals surface area contributed by atoms with Gasteiger partial charge in [-0.05, 0) is 31.9 Å². The summed E-state index contributed by atoms with van der Waals surface area (Å²) in [5.74, 6) is 2.56. The lowest BCUT2D eigenvalue weighted by Crippen LogP contribution is -2.08. The van der Waals surface area contributed by atoms with E-state index >= 15 is 0 Å². The molecule has 1 aromatic carbocycles. The molecule has 1 fully saturated rings. The first kappa shape index (κ1) is 21.6. The van der Waals surface area contributed by atoms with Crippen molar-refractivity contribution in [2.75, 3.05) is 17.7 Å². The van der Waals surface area contributed by atoms with Gasteiger partial charge in [0.15, 0.2) is 23.2 Å². The highest BCUT2D eigenvalue weighted by molar-refractivity contribution is 6.04. The minimum absolute atomic E-state index is 0.0607. The van der Waals surface area contributed by atoms with Crippen molar-refractivity contribution in [1.29, 1.82) is 0 Å². The molecule has 4 aromatic rings. The number of aromatic nitrogens is 6. The first-order chi connectivity index (χ1) is 16.4. The third kappa shape index (κ3) is 4.21. The van der Waals surface area contributed by atoms with E-state index in [4.69, 9.17) is 4.74 Å². The second-order valence-electron chi connectivity index (χ2n) is 8.43. The van der Waals surface area contributed by atoms with Crippen LogP contribution in [0.2, 0.25) is 0 Å². The van der Waals surface area contributed by atoms with E-state index < -0.39 is 0 Å². The molecule has 174 valence electrons. The number of Topliss-reactive ketones (excluding diaryl/α,β-unsaturated/α-hetero) is 1. The first-order valence-corrected chi connectivity index (χ1v) is 11.0. The molecule has 0 atom stereocenters. The van der Waals surface area contributed by atoms with Crippen LogP contribution in [0, 0.1) is 12.8 Å². The summed E-state index contributed by atoms with van der Waals surface area (Å²) in [6, 6.07) is 9.45. The predicted molar refractivity (Wildman–Crippen MR) is 129 cm³/mol. The van der Waals surface area contributed by atoms with Crippen molar-refractivity contribution in [3.05, 3.63) is 54.1 Å². The maximum atomic E-state index is 13.0. The van der Waals surface area contributed by atoms with Gasteiger partial charge in [0.05, 0.1) is 29.6 Å². The molecule has 2 N–H and O–H groups in total. The number of para-hydroxylation sites is 1. The van der Waals surface area contributed by atoms with Crippen molar-refractivity contribution in [1.82, 2.24) is 29.5 Å². The number of aryl methyl sites for hydroxylation is 3. The normalized spacial score (nSPS) is 13.1. The Kier molecular flexibility index (Phi) is 5.48. The van der Waals surface area contributed by atoms with Crippen LogP contribution in [0.4, 0.5) is 23.0 Å². The number of carbonyl (C=O) groups excluding carboxylic acids is 1. The van der Waals surface area contributed by atoms with Gasteiger partial charge in [-0.25, -0.2) is 9.97 Å². The molecule has 0 aliphatic heterocycles. The number of hydrogen-bond acceptors (Lipinski definition) is 8. The number of pyridine rings is 1. The van der Waals surface area contributed by atoms with Crippen molar-refractivity contribution in [3.63, 3.8) is 0 Å². The van der Waals surface area contributed by atoms with Crippen LogP contribution in [-0.4, -0.2) is 42.4 Å². The Labute approximate surface area is 197 Å². The Morgan fingerprint density at radius 1 is 1.06 bits per heavy atom. The summed E-state index contributed by atoms with van der Waals surface area (Å²) in [6.07, 6.45) is 5.09. The van der Waals surface area contributed by atoms with E-state index in [1.807, 2.05) is 51.4 Å². The quantitative estimate of drug-likeness (QED) is 0.381. The minimum atomic E-state index is 0.0607. The molecule has 0 unspecified atom stereocenters. The van der Waals surface area contributed by atoms with Gasteiger partial charge in [-0.3, -0.25) is 14.2 Å². The largest absolute Gasteiger partial charge is 0.494 e. The predicted octanol–water partition coefficient (Wildman–Crippen LogP) is 4.01. The highest BCUT2D eigenvalue weighted by atomic mass is 16.5. The number of nitrogens with one attached hydrogen (secondary N) is 2.